The summed E-state index contributed by atoms with van der Waals surface area (Å²) in [6.45, 7) is 1.40. The molecular weight excluding hydrogens is 350 g/mol. The number of aryl methyl sites for hydroxylation is 1. The molecule has 1 N–H and O–H groups in total. The van der Waals surface area contributed by atoms with Gasteiger partial charge in [-0.3, -0.25) is 9.59 Å². The number of nitrogens with one attached hydrogen (secondary N) is 1. The van der Waals surface area contributed by atoms with Crippen molar-refractivity contribution in [3.63, 3.8) is 0 Å². The summed E-state index contributed by atoms with van der Waals surface area (Å²) in [6, 6.07) is 11.4. The maximum absolute atomic E-state index is 12.6. The van der Waals surface area contributed by atoms with Crippen LogP contribution >= 0.6 is 0 Å². The first kappa shape index (κ1) is 18.1. The van der Waals surface area contributed by atoms with Gasteiger partial charge in [0.05, 0.1) is 24.2 Å². The van der Waals surface area contributed by atoms with Crippen molar-refractivity contribution in [3.8, 4) is 5.75 Å². The summed E-state index contributed by atoms with van der Waals surface area (Å²) in [5, 5.41) is 18.1. The molecule has 0 bridgehead atoms. The molecule has 3 aromatic rings. The molecule has 3 rings (SSSR count). The van der Waals surface area contributed by atoms with E-state index in [4.69, 9.17) is 4.74 Å². The molecule has 0 atom stereocenters. The van der Waals surface area contributed by atoms with Crippen LogP contribution in [-0.4, -0.2) is 28.8 Å². The molecule has 27 heavy (non-hydrogen) atoms. The Hall–Kier alpha value is -3.68. The molecule has 0 aliphatic heterocycles. The van der Waals surface area contributed by atoms with Crippen molar-refractivity contribution in [1.82, 2.24) is 9.78 Å². The third kappa shape index (κ3) is 3.64. The van der Waals surface area contributed by atoms with E-state index < -0.39 is 29.7 Å². The largest absolute Gasteiger partial charge is 0.543 e. The lowest BCUT2D eigenvalue weighted by molar-refractivity contribution is -0.255. The first-order valence-corrected chi connectivity index (χ1v) is 8.06. The van der Waals surface area contributed by atoms with E-state index >= 15 is 0 Å². The third-order valence-corrected chi connectivity index (χ3v) is 3.98. The van der Waals surface area contributed by atoms with Gasteiger partial charge in [0.15, 0.2) is 0 Å². The number of hydrogen-bond acceptors (Lipinski definition) is 6. The molecule has 0 aliphatic rings. The maximum Gasteiger partial charge on any atom is 0.275 e. The van der Waals surface area contributed by atoms with Gasteiger partial charge in [0, 0.05) is 5.39 Å². The number of benzene rings is 2. The summed E-state index contributed by atoms with van der Waals surface area (Å²) in [6.07, 6.45) is 0. The predicted molar refractivity (Wildman–Crippen MR) is 96.7 cm³/mol. The summed E-state index contributed by atoms with van der Waals surface area (Å²) in [5.41, 5.74) is 0.385. The highest BCUT2D eigenvalue weighted by molar-refractivity contribution is 6.00. The first-order valence-electron chi connectivity index (χ1n) is 8.06. The van der Waals surface area contributed by atoms with E-state index in [9.17, 15) is 19.5 Å². The monoisotopic (exact) mass is 366 g/mol. The Morgan fingerprint density at radius 2 is 1.89 bits per heavy atom. The minimum absolute atomic E-state index is 0.146. The van der Waals surface area contributed by atoms with Gasteiger partial charge < -0.3 is 20.0 Å². The number of carboxylic acid groups (broad SMARTS) is 1. The van der Waals surface area contributed by atoms with Crippen LogP contribution in [0.15, 0.2) is 47.3 Å². The number of carbonyl (C=O) groups excluding carboxylic acids is 2. The van der Waals surface area contributed by atoms with Gasteiger partial charge in [-0.05, 0) is 30.7 Å². The van der Waals surface area contributed by atoms with Gasteiger partial charge in [-0.1, -0.05) is 24.3 Å². The normalized spacial score (nSPS) is 10.6. The number of rotatable bonds is 5. The average molecular weight is 366 g/mol. The van der Waals surface area contributed by atoms with Crippen molar-refractivity contribution in [1.29, 1.82) is 0 Å². The highest BCUT2D eigenvalue weighted by Gasteiger charge is 2.14. The third-order valence-electron chi connectivity index (χ3n) is 3.98. The van der Waals surface area contributed by atoms with Crippen LogP contribution in [0.25, 0.3) is 10.8 Å². The van der Waals surface area contributed by atoms with Gasteiger partial charge in [0.2, 0.25) is 5.91 Å². The second kappa shape index (κ2) is 7.28. The molecule has 1 heterocycles. The van der Waals surface area contributed by atoms with E-state index in [1.807, 2.05) is 13.0 Å². The van der Waals surface area contributed by atoms with Gasteiger partial charge in [0.1, 0.15) is 18.0 Å². The number of hydrogen-bond donors (Lipinski definition) is 1. The SMILES string of the molecule is COc1ccc(C)cc1NC(=O)Cn1nc(C(=O)[O-])c2ccccc2c1=O. The molecule has 0 radical (unpaired) electrons. The Labute approximate surface area is 154 Å². The Balaban J connectivity index is 1.96. The number of carboxylic acids is 1. The number of amides is 1. The van der Waals surface area contributed by atoms with E-state index in [0.717, 1.165) is 10.2 Å². The minimum atomic E-state index is -1.53. The van der Waals surface area contributed by atoms with E-state index in [2.05, 4.69) is 10.4 Å². The number of fused-ring (bicyclic) bond motifs is 1. The van der Waals surface area contributed by atoms with Crippen LogP contribution < -0.4 is 20.7 Å². The summed E-state index contributed by atoms with van der Waals surface area (Å²) in [5.74, 6) is -1.61. The number of carbonyl (C=O) groups is 2. The highest BCUT2D eigenvalue weighted by Crippen LogP contribution is 2.25. The van der Waals surface area contributed by atoms with Crippen LogP contribution in [-0.2, 0) is 11.3 Å². The lowest BCUT2D eigenvalue weighted by atomic mass is 10.1. The van der Waals surface area contributed by atoms with Gasteiger partial charge in [-0.2, -0.15) is 5.10 Å². The fourth-order valence-electron chi connectivity index (χ4n) is 2.74. The molecule has 8 heteroatoms. The van der Waals surface area contributed by atoms with Crippen molar-refractivity contribution in [2.45, 2.75) is 13.5 Å². The Kier molecular flexibility index (Phi) is 4.89. The molecule has 0 aliphatic carbocycles. The van der Waals surface area contributed by atoms with Crippen LogP contribution in [0.5, 0.6) is 5.75 Å². The standard InChI is InChI=1S/C19H17N3O5/c1-11-7-8-15(27-2)14(9-11)20-16(23)10-22-18(24)13-6-4-3-5-12(13)17(21-22)19(25)26/h3-9H,10H2,1-2H3,(H,20,23)(H,25,26)/p-1. The average Bonchev–Trinajstić information content (AvgIpc) is 2.64. The smallest absolute Gasteiger partial charge is 0.275 e. The van der Waals surface area contributed by atoms with Crippen molar-refractivity contribution < 1.29 is 19.4 Å². The Morgan fingerprint density at radius 1 is 1.19 bits per heavy atom. The molecule has 0 saturated heterocycles. The molecule has 138 valence electrons. The number of nitrogens with zero attached hydrogens (tertiary/aromatic N) is 2. The van der Waals surface area contributed by atoms with E-state index in [1.54, 1.807) is 24.3 Å². The topological polar surface area (TPSA) is 113 Å². The molecule has 0 spiro atoms. The zero-order chi connectivity index (χ0) is 19.6. The van der Waals surface area contributed by atoms with Gasteiger partial charge >= 0.3 is 0 Å². The van der Waals surface area contributed by atoms with Crippen LogP contribution in [0, 0.1) is 6.92 Å². The second-order valence-corrected chi connectivity index (χ2v) is 5.90. The second-order valence-electron chi connectivity index (χ2n) is 5.90. The van der Waals surface area contributed by atoms with E-state index in [-0.39, 0.29) is 10.8 Å². The molecule has 0 unspecified atom stereocenters. The van der Waals surface area contributed by atoms with Crippen molar-refractivity contribution >= 4 is 28.3 Å². The molecule has 0 fully saturated rings. The number of aromatic nitrogens is 2. The predicted octanol–water partition coefficient (Wildman–Crippen LogP) is 0.716. The van der Waals surface area contributed by atoms with Crippen molar-refractivity contribution in [3.05, 3.63) is 64.1 Å². The molecular formula is C19H16N3O5-. The van der Waals surface area contributed by atoms with Crippen molar-refractivity contribution in [2.24, 2.45) is 0 Å². The van der Waals surface area contributed by atoms with E-state index in [1.165, 1.54) is 19.2 Å². The van der Waals surface area contributed by atoms with Crippen LogP contribution in [0.2, 0.25) is 0 Å². The van der Waals surface area contributed by atoms with Crippen LogP contribution in [0.1, 0.15) is 16.1 Å². The fourth-order valence-corrected chi connectivity index (χ4v) is 2.74. The summed E-state index contributed by atoms with van der Waals surface area (Å²) < 4.78 is 6.01. The molecule has 2 aromatic carbocycles. The maximum atomic E-state index is 12.6. The van der Waals surface area contributed by atoms with Crippen LogP contribution in [0.4, 0.5) is 5.69 Å². The quantitative estimate of drug-likeness (QED) is 0.712. The molecule has 1 amide bonds. The first-order chi connectivity index (χ1) is 12.9. The lowest BCUT2D eigenvalue weighted by Gasteiger charge is -2.13. The highest BCUT2D eigenvalue weighted by atomic mass is 16.5. The zero-order valence-electron chi connectivity index (χ0n) is 14.7. The fraction of sp³-hybridized carbons (Fsp3) is 0.158. The minimum Gasteiger partial charge on any atom is -0.543 e. The summed E-state index contributed by atoms with van der Waals surface area (Å²) in [7, 11) is 1.47. The van der Waals surface area contributed by atoms with E-state index in [0.29, 0.717) is 11.4 Å². The van der Waals surface area contributed by atoms with Gasteiger partial charge in [-0.25, -0.2) is 4.68 Å². The number of aromatic carboxylic acids is 1. The summed E-state index contributed by atoms with van der Waals surface area (Å²) >= 11 is 0. The lowest BCUT2D eigenvalue weighted by Crippen LogP contribution is -2.34. The van der Waals surface area contributed by atoms with Gasteiger partial charge in [0.25, 0.3) is 5.56 Å². The number of anilines is 1. The molecule has 8 nitrogen and oxygen atoms in total. The Morgan fingerprint density at radius 3 is 2.56 bits per heavy atom. The Bertz CT molecular complexity index is 1100. The zero-order valence-corrected chi connectivity index (χ0v) is 14.7. The molecule has 1 aromatic heterocycles. The number of methoxy groups -OCH3 is 1. The van der Waals surface area contributed by atoms with Crippen LogP contribution in [0.3, 0.4) is 0 Å². The van der Waals surface area contributed by atoms with Crippen molar-refractivity contribution in [2.75, 3.05) is 12.4 Å². The molecule has 0 saturated carbocycles. The van der Waals surface area contributed by atoms with Gasteiger partial charge in [-0.15, -0.1) is 0 Å². The number of ether oxygens (including phenoxy) is 1. The summed E-state index contributed by atoms with van der Waals surface area (Å²) in [4.78, 5) is 36.3.